The van der Waals surface area contributed by atoms with E-state index in [1.165, 1.54) is 75.5 Å². The van der Waals surface area contributed by atoms with Gasteiger partial charge >= 0.3 is 0 Å². The summed E-state index contributed by atoms with van der Waals surface area (Å²) in [5.74, 6) is 8.21. The molecule has 1 fully saturated rings. The van der Waals surface area contributed by atoms with Crippen molar-refractivity contribution in [3.8, 4) is 17.6 Å². The van der Waals surface area contributed by atoms with Gasteiger partial charge in [-0.2, -0.15) is 0 Å². The summed E-state index contributed by atoms with van der Waals surface area (Å²) in [6.07, 6.45) is 13.9. The number of hydrogen-bond acceptors (Lipinski definition) is 1. The van der Waals surface area contributed by atoms with E-state index in [-0.39, 0.29) is 11.9 Å². The lowest BCUT2D eigenvalue weighted by Crippen LogP contribution is -2.13. The van der Waals surface area contributed by atoms with E-state index >= 15 is 0 Å². The van der Waals surface area contributed by atoms with Crippen LogP contribution in [0.15, 0.2) is 42.5 Å². The summed E-state index contributed by atoms with van der Waals surface area (Å²) in [6, 6.07) is 13.5. The third-order valence-corrected chi connectivity index (χ3v) is 6.95. The van der Waals surface area contributed by atoms with E-state index in [2.05, 4.69) is 56.9 Å². The highest BCUT2D eigenvalue weighted by Crippen LogP contribution is 2.37. The van der Waals surface area contributed by atoms with Crippen LogP contribution < -0.4 is 4.74 Å². The molecule has 0 N–H and O–H groups in total. The SMILES string of the molecule is CCCCCC[C@H](C)Oc1cc(F)cc(C#Cc2ccc(C3CCC(CCC)CC3)cc2)c1. The minimum Gasteiger partial charge on any atom is -0.491 e. The maximum absolute atomic E-state index is 14.1. The zero-order chi connectivity index (χ0) is 23.5. The lowest BCUT2D eigenvalue weighted by Gasteiger charge is -2.28. The van der Waals surface area contributed by atoms with Crippen LogP contribution in [0.3, 0.4) is 0 Å². The summed E-state index contributed by atoms with van der Waals surface area (Å²) in [5.41, 5.74) is 3.06. The van der Waals surface area contributed by atoms with Crippen molar-refractivity contribution >= 4 is 0 Å². The minimum atomic E-state index is -0.302. The Bertz CT molecular complexity index is 897. The molecular weight excluding hydrogens is 407 g/mol. The van der Waals surface area contributed by atoms with E-state index in [0.717, 1.165) is 24.3 Å². The van der Waals surface area contributed by atoms with Gasteiger partial charge in [-0.15, -0.1) is 0 Å². The monoisotopic (exact) mass is 448 g/mol. The molecule has 0 saturated heterocycles. The molecule has 0 aliphatic heterocycles. The number of benzene rings is 2. The number of ether oxygens (including phenoxy) is 1. The predicted octanol–water partition coefficient (Wildman–Crippen LogP) is 9.04. The highest BCUT2D eigenvalue weighted by Gasteiger charge is 2.21. The van der Waals surface area contributed by atoms with Crippen molar-refractivity contribution in [2.45, 2.75) is 103 Å². The first-order chi connectivity index (χ1) is 16.1. The average molecular weight is 449 g/mol. The maximum Gasteiger partial charge on any atom is 0.128 e. The van der Waals surface area contributed by atoms with Crippen LogP contribution >= 0.6 is 0 Å². The number of hydrogen-bond donors (Lipinski definition) is 0. The molecule has 0 heterocycles. The molecule has 0 aromatic heterocycles. The third-order valence-electron chi connectivity index (χ3n) is 6.95. The van der Waals surface area contributed by atoms with Gasteiger partial charge in [-0.05, 0) is 87.1 Å². The van der Waals surface area contributed by atoms with Crippen LogP contribution in [-0.2, 0) is 0 Å². The van der Waals surface area contributed by atoms with Crippen LogP contribution in [0, 0.1) is 23.6 Å². The maximum atomic E-state index is 14.1. The van der Waals surface area contributed by atoms with Gasteiger partial charge in [-0.25, -0.2) is 4.39 Å². The van der Waals surface area contributed by atoms with Crippen molar-refractivity contribution in [1.82, 2.24) is 0 Å². The molecule has 0 unspecified atom stereocenters. The zero-order valence-electron chi connectivity index (χ0n) is 20.8. The molecule has 2 aromatic carbocycles. The molecule has 0 amide bonds. The first-order valence-electron chi connectivity index (χ1n) is 13.2. The van der Waals surface area contributed by atoms with Crippen molar-refractivity contribution < 1.29 is 9.13 Å². The highest BCUT2D eigenvalue weighted by atomic mass is 19.1. The predicted molar refractivity (Wildman–Crippen MR) is 137 cm³/mol. The lowest BCUT2D eigenvalue weighted by molar-refractivity contribution is 0.205. The average Bonchev–Trinajstić information content (AvgIpc) is 2.81. The smallest absolute Gasteiger partial charge is 0.128 e. The second-order valence-electron chi connectivity index (χ2n) is 9.83. The Hall–Kier alpha value is -2.27. The van der Waals surface area contributed by atoms with Crippen LogP contribution in [-0.4, -0.2) is 6.10 Å². The van der Waals surface area contributed by atoms with Crippen LogP contribution in [0.25, 0.3) is 0 Å². The molecule has 3 rings (SSSR count). The molecule has 1 aliphatic rings. The number of halogens is 1. The van der Waals surface area contributed by atoms with Gasteiger partial charge in [0.25, 0.3) is 0 Å². The van der Waals surface area contributed by atoms with Gasteiger partial charge in [-0.1, -0.05) is 69.9 Å². The van der Waals surface area contributed by atoms with E-state index in [1.54, 1.807) is 0 Å². The zero-order valence-corrected chi connectivity index (χ0v) is 20.8. The summed E-state index contributed by atoms with van der Waals surface area (Å²) in [6.45, 7) is 6.56. The Balaban J connectivity index is 1.57. The van der Waals surface area contributed by atoms with Crippen molar-refractivity contribution in [2.75, 3.05) is 0 Å². The van der Waals surface area contributed by atoms with E-state index in [0.29, 0.717) is 17.2 Å². The van der Waals surface area contributed by atoms with E-state index in [1.807, 2.05) is 6.07 Å². The molecule has 178 valence electrons. The molecular formula is C31H41FO. The Kier molecular flexibility index (Phi) is 10.3. The van der Waals surface area contributed by atoms with Gasteiger partial charge in [-0.3, -0.25) is 0 Å². The fraction of sp³-hybridized carbons (Fsp3) is 0.548. The van der Waals surface area contributed by atoms with Crippen molar-refractivity contribution in [3.63, 3.8) is 0 Å². The molecule has 0 radical (unpaired) electrons. The Morgan fingerprint density at radius 2 is 1.61 bits per heavy atom. The lowest BCUT2D eigenvalue weighted by atomic mass is 9.77. The van der Waals surface area contributed by atoms with Gasteiger partial charge < -0.3 is 4.74 Å². The van der Waals surface area contributed by atoms with Crippen molar-refractivity contribution in [1.29, 1.82) is 0 Å². The first kappa shape index (κ1) is 25.4. The topological polar surface area (TPSA) is 9.23 Å². The second-order valence-corrected chi connectivity index (χ2v) is 9.83. The van der Waals surface area contributed by atoms with Crippen molar-refractivity contribution in [2.24, 2.45) is 5.92 Å². The molecule has 0 spiro atoms. The molecule has 33 heavy (non-hydrogen) atoms. The van der Waals surface area contributed by atoms with E-state index < -0.39 is 0 Å². The minimum absolute atomic E-state index is 0.0778. The molecule has 1 saturated carbocycles. The van der Waals surface area contributed by atoms with Crippen LogP contribution in [0.2, 0.25) is 0 Å². The third kappa shape index (κ3) is 8.54. The summed E-state index contributed by atoms with van der Waals surface area (Å²) in [7, 11) is 0. The summed E-state index contributed by atoms with van der Waals surface area (Å²) >= 11 is 0. The first-order valence-corrected chi connectivity index (χ1v) is 13.2. The summed E-state index contributed by atoms with van der Waals surface area (Å²) < 4.78 is 20.1. The molecule has 1 atom stereocenters. The number of rotatable bonds is 10. The van der Waals surface area contributed by atoms with Crippen LogP contribution in [0.1, 0.15) is 114 Å². The van der Waals surface area contributed by atoms with E-state index in [4.69, 9.17) is 4.74 Å². The van der Waals surface area contributed by atoms with Gasteiger partial charge in [0.1, 0.15) is 11.6 Å². The fourth-order valence-corrected chi connectivity index (χ4v) is 5.03. The normalized spacial score (nSPS) is 18.9. The standard InChI is InChI=1S/C31H41FO/c1-4-6-7-8-10-24(3)33-31-22-27(21-30(32)23-31)12-11-26-15-19-29(20-16-26)28-17-13-25(9-5-2)14-18-28/h15-16,19-25,28H,4-10,13-14,17-18H2,1-3H3/t24-,25?,28?/m0/s1. The van der Waals surface area contributed by atoms with E-state index in [9.17, 15) is 4.39 Å². The molecule has 0 bridgehead atoms. The summed E-state index contributed by atoms with van der Waals surface area (Å²) in [4.78, 5) is 0. The van der Waals surface area contributed by atoms with Gasteiger partial charge in [0.2, 0.25) is 0 Å². The fourth-order valence-electron chi connectivity index (χ4n) is 5.03. The molecule has 1 nitrogen and oxygen atoms in total. The Morgan fingerprint density at radius 1 is 0.879 bits per heavy atom. The second kappa shape index (κ2) is 13.4. The van der Waals surface area contributed by atoms with Crippen LogP contribution in [0.5, 0.6) is 5.75 Å². The van der Waals surface area contributed by atoms with Gasteiger partial charge in [0, 0.05) is 17.2 Å². The quantitative estimate of drug-likeness (QED) is 0.260. The summed E-state index contributed by atoms with van der Waals surface area (Å²) in [5, 5.41) is 0. The molecule has 1 aliphatic carbocycles. The highest BCUT2D eigenvalue weighted by molar-refractivity contribution is 5.46. The van der Waals surface area contributed by atoms with Gasteiger partial charge in [0.15, 0.2) is 0 Å². The Labute approximate surface area is 201 Å². The molecule has 2 aromatic rings. The molecule has 2 heteroatoms. The van der Waals surface area contributed by atoms with Crippen LogP contribution in [0.4, 0.5) is 4.39 Å². The Morgan fingerprint density at radius 3 is 2.30 bits per heavy atom. The van der Waals surface area contributed by atoms with Gasteiger partial charge in [0.05, 0.1) is 6.10 Å². The largest absolute Gasteiger partial charge is 0.491 e. The number of unbranched alkanes of at least 4 members (excludes halogenated alkanes) is 3. The van der Waals surface area contributed by atoms with Crippen molar-refractivity contribution in [3.05, 3.63) is 65.0 Å².